The first kappa shape index (κ1) is 19.4. The summed E-state index contributed by atoms with van der Waals surface area (Å²) in [6.07, 6.45) is 5.60. The lowest BCUT2D eigenvalue weighted by Gasteiger charge is -2.28. The van der Waals surface area contributed by atoms with Crippen LogP contribution < -0.4 is 5.32 Å². The molecule has 5 nitrogen and oxygen atoms in total. The van der Waals surface area contributed by atoms with Crippen LogP contribution in [0.3, 0.4) is 0 Å². The molecule has 0 bridgehead atoms. The zero-order chi connectivity index (χ0) is 18.4. The fourth-order valence-electron chi connectivity index (χ4n) is 4.01. The molecule has 0 atom stereocenters. The Morgan fingerprint density at radius 2 is 1.88 bits per heavy atom. The van der Waals surface area contributed by atoms with E-state index in [9.17, 15) is 13.2 Å². The van der Waals surface area contributed by atoms with Crippen LogP contribution in [-0.4, -0.2) is 49.9 Å². The quantitative estimate of drug-likeness (QED) is 0.705. The lowest BCUT2D eigenvalue weighted by Crippen LogP contribution is -2.34. The van der Waals surface area contributed by atoms with E-state index in [1.165, 1.54) is 11.1 Å². The van der Waals surface area contributed by atoms with Crippen molar-refractivity contribution in [2.45, 2.75) is 56.7 Å². The molecule has 1 N–H and O–H groups in total. The average Bonchev–Trinajstić information content (AvgIpc) is 3.19. The second-order valence-corrected chi connectivity index (χ2v) is 9.92. The number of nitrogens with zero attached hydrogens (tertiary/aromatic N) is 1. The molecule has 1 aliphatic carbocycles. The van der Waals surface area contributed by atoms with Crippen molar-refractivity contribution in [3.63, 3.8) is 0 Å². The number of nitrogens with one attached hydrogen (secondary N) is 1. The van der Waals surface area contributed by atoms with Crippen molar-refractivity contribution < 1.29 is 13.2 Å². The van der Waals surface area contributed by atoms with E-state index in [1.807, 2.05) is 0 Å². The summed E-state index contributed by atoms with van der Waals surface area (Å²) in [5.41, 5.74) is 2.85. The van der Waals surface area contributed by atoms with Gasteiger partial charge in [0.05, 0.1) is 11.0 Å². The summed E-state index contributed by atoms with van der Waals surface area (Å²) >= 11 is 0. The zero-order valence-corrected chi connectivity index (χ0v) is 16.3. The molecule has 1 saturated carbocycles. The van der Waals surface area contributed by atoms with E-state index in [0.717, 1.165) is 58.2 Å². The van der Waals surface area contributed by atoms with Crippen molar-refractivity contribution >= 4 is 15.7 Å². The largest absolute Gasteiger partial charge is 0.356 e. The molecule has 0 radical (unpaired) electrons. The number of fused-ring (bicyclic) bond motifs is 1. The Labute approximate surface area is 157 Å². The molecule has 6 heteroatoms. The molecule has 1 amide bonds. The lowest BCUT2D eigenvalue weighted by atomic mass is 10.00. The van der Waals surface area contributed by atoms with E-state index >= 15 is 0 Å². The smallest absolute Gasteiger partial charge is 0.221 e. The third-order valence-electron chi connectivity index (χ3n) is 5.61. The predicted molar refractivity (Wildman–Crippen MR) is 104 cm³/mol. The predicted octanol–water partition coefficient (Wildman–Crippen LogP) is 2.30. The fraction of sp³-hybridized carbons (Fsp3) is 0.650. The van der Waals surface area contributed by atoms with Crippen molar-refractivity contribution in [2.75, 3.05) is 25.4 Å². The van der Waals surface area contributed by atoms with Gasteiger partial charge in [0.2, 0.25) is 5.91 Å². The normalized spacial score (nSPS) is 18.6. The third kappa shape index (κ3) is 5.30. The Morgan fingerprint density at radius 1 is 1.15 bits per heavy atom. The number of carbonyl (C=O) groups excluding carboxylic acids is 1. The Balaban J connectivity index is 1.31. The van der Waals surface area contributed by atoms with E-state index in [2.05, 4.69) is 34.5 Å². The van der Waals surface area contributed by atoms with Gasteiger partial charge in [-0.3, -0.25) is 9.69 Å². The summed E-state index contributed by atoms with van der Waals surface area (Å²) in [7, 11) is -3.10. The summed E-state index contributed by atoms with van der Waals surface area (Å²) in [5, 5.41) is 2.66. The highest BCUT2D eigenvalue weighted by atomic mass is 32.2. The Kier molecular flexibility index (Phi) is 6.70. The van der Waals surface area contributed by atoms with Gasteiger partial charge in [-0.25, -0.2) is 8.42 Å². The van der Waals surface area contributed by atoms with Gasteiger partial charge < -0.3 is 5.32 Å². The SMILES string of the molecule is O=C(CCS(=O)(=O)C1CCCC1)NCCCN1CCc2ccccc2C1. The van der Waals surface area contributed by atoms with Crippen LogP contribution in [0.1, 0.15) is 49.7 Å². The zero-order valence-electron chi connectivity index (χ0n) is 15.5. The summed E-state index contributed by atoms with van der Waals surface area (Å²) in [5.74, 6) is -0.151. The second kappa shape index (κ2) is 9.00. The molecule has 144 valence electrons. The first-order valence-corrected chi connectivity index (χ1v) is 11.5. The molecule has 1 aromatic rings. The van der Waals surface area contributed by atoms with Crippen LogP contribution in [-0.2, 0) is 27.6 Å². The van der Waals surface area contributed by atoms with E-state index in [4.69, 9.17) is 0 Å². The maximum absolute atomic E-state index is 12.2. The van der Waals surface area contributed by atoms with Gasteiger partial charge in [-0.2, -0.15) is 0 Å². The minimum Gasteiger partial charge on any atom is -0.356 e. The number of amides is 1. The molecular weight excluding hydrogens is 348 g/mol. The molecule has 0 saturated heterocycles. The van der Waals surface area contributed by atoms with Crippen molar-refractivity contribution in [1.82, 2.24) is 10.2 Å². The van der Waals surface area contributed by atoms with Crippen LogP contribution >= 0.6 is 0 Å². The van der Waals surface area contributed by atoms with E-state index in [-0.39, 0.29) is 23.3 Å². The Hall–Kier alpha value is -1.40. The average molecular weight is 379 g/mol. The van der Waals surface area contributed by atoms with Crippen molar-refractivity contribution in [1.29, 1.82) is 0 Å². The molecule has 1 heterocycles. The summed E-state index contributed by atoms with van der Waals surface area (Å²) in [6, 6.07) is 8.57. The second-order valence-electron chi connectivity index (χ2n) is 7.52. The molecule has 1 aliphatic heterocycles. The lowest BCUT2D eigenvalue weighted by molar-refractivity contribution is -0.120. The number of hydrogen-bond acceptors (Lipinski definition) is 4. The maximum Gasteiger partial charge on any atom is 0.221 e. The van der Waals surface area contributed by atoms with Gasteiger partial charge >= 0.3 is 0 Å². The van der Waals surface area contributed by atoms with Gasteiger partial charge in [-0.15, -0.1) is 0 Å². The number of benzene rings is 1. The molecule has 0 aromatic heterocycles. The molecule has 1 fully saturated rings. The highest BCUT2D eigenvalue weighted by Gasteiger charge is 2.28. The van der Waals surface area contributed by atoms with Crippen LogP contribution in [0, 0.1) is 0 Å². The van der Waals surface area contributed by atoms with Gasteiger partial charge in [0.15, 0.2) is 9.84 Å². The van der Waals surface area contributed by atoms with E-state index < -0.39 is 9.84 Å². The Morgan fingerprint density at radius 3 is 2.65 bits per heavy atom. The Bertz CT molecular complexity index is 712. The molecule has 26 heavy (non-hydrogen) atoms. The highest BCUT2D eigenvalue weighted by molar-refractivity contribution is 7.92. The minimum absolute atomic E-state index is 0.00753. The number of sulfone groups is 1. The van der Waals surface area contributed by atoms with Crippen LogP contribution in [0.4, 0.5) is 0 Å². The third-order valence-corrected chi connectivity index (χ3v) is 7.87. The molecule has 3 rings (SSSR count). The molecule has 0 spiro atoms. The van der Waals surface area contributed by atoms with Crippen molar-refractivity contribution in [3.05, 3.63) is 35.4 Å². The van der Waals surface area contributed by atoms with Crippen LogP contribution in [0.15, 0.2) is 24.3 Å². The fourth-order valence-corrected chi connectivity index (χ4v) is 5.87. The van der Waals surface area contributed by atoms with Crippen LogP contribution in [0.25, 0.3) is 0 Å². The van der Waals surface area contributed by atoms with Crippen LogP contribution in [0.2, 0.25) is 0 Å². The number of hydrogen-bond donors (Lipinski definition) is 1. The van der Waals surface area contributed by atoms with Gasteiger partial charge in [0.25, 0.3) is 0 Å². The summed E-state index contributed by atoms with van der Waals surface area (Å²) < 4.78 is 24.4. The number of carbonyl (C=O) groups is 1. The maximum atomic E-state index is 12.2. The topological polar surface area (TPSA) is 66.5 Å². The molecule has 1 aromatic carbocycles. The van der Waals surface area contributed by atoms with Gasteiger partial charge in [-0.05, 0) is 36.8 Å². The van der Waals surface area contributed by atoms with Crippen molar-refractivity contribution in [3.8, 4) is 0 Å². The van der Waals surface area contributed by atoms with Crippen LogP contribution in [0.5, 0.6) is 0 Å². The number of rotatable bonds is 8. The van der Waals surface area contributed by atoms with Gasteiger partial charge in [-0.1, -0.05) is 37.1 Å². The molecular formula is C20H30N2O3S. The molecule has 0 unspecified atom stereocenters. The summed E-state index contributed by atoms with van der Waals surface area (Å²) in [4.78, 5) is 14.3. The standard InChI is InChI=1S/C20H30N2O3S/c23-20(11-15-26(24,25)19-8-3-4-9-19)21-12-5-13-22-14-10-17-6-1-2-7-18(17)16-22/h1-2,6-7,19H,3-5,8-16H2,(H,21,23). The van der Waals surface area contributed by atoms with Gasteiger partial charge in [0, 0.05) is 32.6 Å². The minimum atomic E-state index is -3.10. The van der Waals surface area contributed by atoms with E-state index in [1.54, 1.807) is 0 Å². The monoisotopic (exact) mass is 378 g/mol. The first-order chi connectivity index (χ1) is 12.5. The molecule has 2 aliphatic rings. The van der Waals surface area contributed by atoms with Crippen molar-refractivity contribution in [2.24, 2.45) is 0 Å². The van der Waals surface area contributed by atoms with Gasteiger partial charge in [0.1, 0.15) is 0 Å². The van der Waals surface area contributed by atoms with E-state index in [0.29, 0.717) is 6.54 Å². The summed E-state index contributed by atoms with van der Waals surface area (Å²) in [6.45, 7) is 3.60. The highest BCUT2D eigenvalue weighted by Crippen LogP contribution is 2.25. The first-order valence-electron chi connectivity index (χ1n) is 9.82.